The van der Waals surface area contributed by atoms with Crippen molar-refractivity contribution in [3.8, 4) is 0 Å². The molecule has 5 aliphatic rings. The Hall–Kier alpha value is -2.92. The van der Waals surface area contributed by atoms with Gasteiger partial charge in [-0.2, -0.15) is 0 Å². The van der Waals surface area contributed by atoms with Gasteiger partial charge in [0.1, 0.15) is 31.7 Å². The number of ether oxygens (including phenoxy) is 8. The van der Waals surface area contributed by atoms with E-state index in [0.29, 0.717) is 45.1 Å². The van der Waals surface area contributed by atoms with Crippen LogP contribution in [0.2, 0.25) is 0 Å². The van der Waals surface area contributed by atoms with E-state index in [4.69, 9.17) is 37.9 Å². The molecule has 8 nitrogen and oxygen atoms in total. The van der Waals surface area contributed by atoms with Gasteiger partial charge in [0, 0.05) is 7.11 Å². The van der Waals surface area contributed by atoms with E-state index >= 15 is 0 Å². The van der Waals surface area contributed by atoms with Crippen molar-refractivity contribution in [1.82, 2.24) is 0 Å². The van der Waals surface area contributed by atoms with E-state index in [1.165, 1.54) is 44.9 Å². The first kappa shape index (κ1) is 50.5. The maximum Gasteiger partial charge on any atom is 0.222 e. The molecule has 0 radical (unpaired) electrons. The van der Waals surface area contributed by atoms with Gasteiger partial charge in [0.15, 0.2) is 0 Å². The second-order valence-electron chi connectivity index (χ2n) is 22.1. The number of rotatable bonds is 24. The SMILES string of the molecule is COCCOCOC[C@]1(O[C@H]2CC[C@@]3(C)C(=CC[C@H]4[C@@H]5CC[C@H]([C@H](C)CC[C@H](C)C(C)C)[C@@]5(C)CC[C@@H]43)C2)O[C@H](COCc2ccccc2)[C@@H](OCc2ccccc2)[C@@H]1OCc1ccccc1. The van der Waals surface area contributed by atoms with Crippen LogP contribution in [0.25, 0.3) is 0 Å². The van der Waals surface area contributed by atoms with Crippen LogP contribution in [-0.4, -0.2) is 70.5 Å². The third-order valence-electron chi connectivity index (χ3n) is 17.7. The molecule has 0 amide bonds. The zero-order valence-electron chi connectivity index (χ0n) is 42.1. The minimum Gasteiger partial charge on any atom is -0.382 e. The number of hydrogen-bond acceptors (Lipinski definition) is 8. The summed E-state index contributed by atoms with van der Waals surface area (Å²) in [6, 6.07) is 30.9. The van der Waals surface area contributed by atoms with Crippen molar-refractivity contribution in [1.29, 1.82) is 0 Å². The molecule has 0 N–H and O–H groups in total. The summed E-state index contributed by atoms with van der Waals surface area (Å²) in [4.78, 5) is 0. The number of hydrogen-bond donors (Lipinski definition) is 0. The first-order valence-corrected chi connectivity index (χ1v) is 26.1. The minimum atomic E-state index is -1.30. The molecule has 1 saturated heterocycles. The van der Waals surface area contributed by atoms with E-state index in [1.54, 1.807) is 12.7 Å². The van der Waals surface area contributed by atoms with Gasteiger partial charge in [-0.25, -0.2) is 0 Å². The summed E-state index contributed by atoms with van der Waals surface area (Å²) in [6.07, 6.45) is 13.3. The normalized spacial score (nSPS) is 33.5. The summed E-state index contributed by atoms with van der Waals surface area (Å²) in [5.74, 6) is 4.22. The molecule has 8 rings (SSSR count). The Morgan fingerprint density at radius 2 is 1.36 bits per heavy atom. The molecule has 4 fully saturated rings. The lowest BCUT2D eigenvalue weighted by atomic mass is 9.47. The Bertz CT molecular complexity index is 1960. The maximum absolute atomic E-state index is 7.53. The first-order chi connectivity index (χ1) is 32.5. The summed E-state index contributed by atoms with van der Waals surface area (Å²) >= 11 is 0. The lowest BCUT2D eigenvalue weighted by Gasteiger charge is -2.58. The van der Waals surface area contributed by atoms with Crippen molar-refractivity contribution in [3.05, 3.63) is 119 Å². The fourth-order valence-electron chi connectivity index (χ4n) is 13.5. The number of benzene rings is 3. The lowest BCUT2D eigenvalue weighted by Crippen LogP contribution is -2.55. The third-order valence-corrected chi connectivity index (χ3v) is 17.7. The second-order valence-corrected chi connectivity index (χ2v) is 22.1. The van der Waals surface area contributed by atoms with E-state index < -0.39 is 24.1 Å². The molecular weight excluding hydrogens is 837 g/mol. The molecule has 3 aromatic rings. The number of allylic oxidation sites excluding steroid dienone is 1. The fraction of sp³-hybridized carbons (Fsp3) is 0.661. The van der Waals surface area contributed by atoms with Crippen molar-refractivity contribution in [2.45, 2.75) is 156 Å². The molecule has 3 saturated carbocycles. The van der Waals surface area contributed by atoms with Crippen LogP contribution in [0.15, 0.2) is 103 Å². The molecule has 4 aliphatic carbocycles. The van der Waals surface area contributed by atoms with Gasteiger partial charge in [0.05, 0.1) is 45.7 Å². The van der Waals surface area contributed by atoms with Crippen LogP contribution in [0, 0.1) is 52.3 Å². The van der Waals surface area contributed by atoms with E-state index in [0.717, 1.165) is 77.4 Å². The highest BCUT2D eigenvalue weighted by atomic mass is 16.8. The van der Waals surface area contributed by atoms with Crippen LogP contribution >= 0.6 is 0 Å². The average Bonchev–Trinajstić information content (AvgIpc) is 3.84. The molecule has 368 valence electrons. The first-order valence-electron chi connectivity index (χ1n) is 26.1. The second kappa shape index (κ2) is 23.3. The maximum atomic E-state index is 7.53. The zero-order valence-corrected chi connectivity index (χ0v) is 42.1. The standard InChI is InChI=1S/C59H84O8/c1-42(2)43(3)23-24-44(4)51-27-28-52-50-26-25-48-35-49(29-31-57(48,5)53(50)30-32-58(51,52)6)66-59(40-63-41-61-34-33-60-7)56(65-38-47-21-15-10-16-22-47)55(64-37-46-19-13-9-14-20-46)54(67-59)39-62-36-45-17-11-8-12-18-45/h8-22,25,42-44,49-56H,23-24,26-41H2,1-7H3/t43-,44+,49-,50-,51+,52-,53-,54+,55+,56-,57-,58+,59-/m0/s1. The molecule has 3 aromatic carbocycles. The van der Waals surface area contributed by atoms with Crippen molar-refractivity contribution in [2.24, 2.45) is 52.3 Å². The summed E-state index contributed by atoms with van der Waals surface area (Å²) in [7, 11) is 1.67. The van der Waals surface area contributed by atoms with Crippen LogP contribution in [0.3, 0.4) is 0 Å². The predicted molar refractivity (Wildman–Crippen MR) is 265 cm³/mol. The monoisotopic (exact) mass is 921 g/mol. The fourth-order valence-corrected chi connectivity index (χ4v) is 13.5. The van der Waals surface area contributed by atoms with Gasteiger partial charge in [-0.15, -0.1) is 0 Å². The molecule has 0 aromatic heterocycles. The molecule has 0 bridgehead atoms. The Labute approximate surface area is 404 Å². The smallest absolute Gasteiger partial charge is 0.222 e. The summed E-state index contributed by atoms with van der Waals surface area (Å²) in [5, 5.41) is 0. The van der Waals surface area contributed by atoms with Crippen LogP contribution in [0.4, 0.5) is 0 Å². The van der Waals surface area contributed by atoms with E-state index in [9.17, 15) is 0 Å². The molecule has 0 unspecified atom stereocenters. The van der Waals surface area contributed by atoms with Crippen molar-refractivity contribution in [2.75, 3.05) is 40.3 Å². The quantitative estimate of drug-likeness (QED) is 0.0500. The van der Waals surface area contributed by atoms with Crippen LogP contribution in [-0.2, 0) is 57.7 Å². The summed E-state index contributed by atoms with van der Waals surface area (Å²) in [5.41, 5.74) is 5.45. The Kier molecular flexibility index (Phi) is 17.6. The average molecular weight is 921 g/mol. The van der Waals surface area contributed by atoms with E-state index in [1.807, 2.05) is 54.6 Å². The van der Waals surface area contributed by atoms with Gasteiger partial charge < -0.3 is 37.9 Å². The minimum absolute atomic E-state index is 0.0711. The molecule has 1 heterocycles. The Morgan fingerprint density at radius 3 is 2.03 bits per heavy atom. The van der Waals surface area contributed by atoms with Crippen molar-refractivity contribution < 1.29 is 37.9 Å². The van der Waals surface area contributed by atoms with E-state index in [-0.39, 0.29) is 24.9 Å². The lowest BCUT2D eigenvalue weighted by molar-refractivity contribution is -0.315. The molecule has 67 heavy (non-hydrogen) atoms. The van der Waals surface area contributed by atoms with Crippen molar-refractivity contribution in [3.63, 3.8) is 0 Å². The van der Waals surface area contributed by atoms with Crippen LogP contribution in [0.5, 0.6) is 0 Å². The van der Waals surface area contributed by atoms with Gasteiger partial charge in [0.25, 0.3) is 0 Å². The molecule has 8 heteroatoms. The molecule has 1 aliphatic heterocycles. The predicted octanol–water partition coefficient (Wildman–Crippen LogP) is 12.8. The number of fused-ring (bicyclic) bond motifs is 5. The highest BCUT2D eigenvalue weighted by Gasteiger charge is 2.62. The number of methoxy groups -OCH3 is 1. The highest BCUT2D eigenvalue weighted by molar-refractivity contribution is 5.26. The zero-order chi connectivity index (χ0) is 46.9. The van der Waals surface area contributed by atoms with E-state index in [2.05, 4.69) is 84.0 Å². The third kappa shape index (κ3) is 11.8. The van der Waals surface area contributed by atoms with Crippen molar-refractivity contribution >= 4 is 0 Å². The molecule has 13 atom stereocenters. The van der Waals surface area contributed by atoms with Gasteiger partial charge >= 0.3 is 0 Å². The molecule has 0 spiro atoms. The largest absolute Gasteiger partial charge is 0.382 e. The molecular formula is C59H84O8. The van der Waals surface area contributed by atoms with Crippen LogP contribution in [0.1, 0.15) is 122 Å². The summed E-state index contributed by atoms with van der Waals surface area (Å²) < 4.78 is 52.8. The highest BCUT2D eigenvalue weighted by Crippen LogP contribution is 2.67. The topological polar surface area (TPSA) is 73.8 Å². The van der Waals surface area contributed by atoms with Gasteiger partial charge in [-0.1, -0.05) is 157 Å². The Morgan fingerprint density at radius 1 is 0.687 bits per heavy atom. The van der Waals surface area contributed by atoms with Crippen LogP contribution < -0.4 is 0 Å². The van der Waals surface area contributed by atoms with Gasteiger partial charge in [0.2, 0.25) is 5.79 Å². The summed E-state index contributed by atoms with van der Waals surface area (Å²) in [6.45, 7) is 17.7. The Balaban J connectivity index is 1.04. The van der Waals surface area contributed by atoms with Gasteiger partial charge in [-0.3, -0.25) is 0 Å². The van der Waals surface area contributed by atoms with Gasteiger partial charge in [-0.05, 0) is 120 Å².